The Morgan fingerprint density at radius 1 is 1.53 bits per heavy atom. The van der Waals surface area contributed by atoms with Crippen LogP contribution < -0.4 is 5.32 Å². The van der Waals surface area contributed by atoms with E-state index in [9.17, 15) is 0 Å². The molecule has 0 amide bonds. The SMILES string of the molecule is C=C(C)C(NCCC)C1(C)CCCCO1. The molecule has 1 fully saturated rings. The Morgan fingerprint density at radius 3 is 2.73 bits per heavy atom. The van der Waals surface area contributed by atoms with E-state index in [1.54, 1.807) is 0 Å². The second-order valence-electron chi connectivity index (χ2n) is 4.85. The van der Waals surface area contributed by atoms with E-state index >= 15 is 0 Å². The molecule has 0 aromatic heterocycles. The van der Waals surface area contributed by atoms with E-state index in [-0.39, 0.29) is 5.60 Å². The van der Waals surface area contributed by atoms with Crippen LogP contribution in [0.25, 0.3) is 0 Å². The fourth-order valence-corrected chi connectivity index (χ4v) is 2.38. The quantitative estimate of drug-likeness (QED) is 0.706. The monoisotopic (exact) mass is 211 g/mol. The van der Waals surface area contributed by atoms with Crippen LogP contribution in [0.1, 0.15) is 46.5 Å². The highest BCUT2D eigenvalue weighted by molar-refractivity contribution is 5.11. The van der Waals surface area contributed by atoms with E-state index < -0.39 is 0 Å². The maximum Gasteiger partial charge on any atom is 0.0844 e. The number of hydrogen-bond acceptors (Lipinski definition) is 2. The van der Waals surface area contributed by atoms with E-state index in [1.807, 2.05) is 0 Å². The van der Waals surface area contributed by atoms with Crippen molar-refractivity contribution in [3.8, 4) is 0 Å². The lowest BCUT2D eigenvalue weighted by molar-refractivity contribution is -0.0808. The summed E-state index contributed by atoms with van der Waals surface area (Å²) in [7, 11) is 0. The fourth-order valence-electron chi connectivity index (χ4n) is 2.38. The van der Waals surface area contributed by atoms with Crippen LogP contribution in [0, 0.1) is 0 Å². The molecule has 1 N–H and O–H groups in total. The molecule has 0 bridgehead atoms. The maximum atomic E-state index is 5.96. The molecule has 0 radical (unpaired) electrons. The molecule has 2 heteroatoms. The third-order valence-corrected chi connectivity index (χ3v) is 3.20. The molecule has 1 rings (SSSR count). The van der Waals surface area contributed by atoms with Gasteiger partial charge in [0.1, 0.15) is 0 Å². The summed E-state index contributed by atoms with van der Waals surface area (Å²) in [6, 6.07) is 0.303. The van der Waals surface area contributed by atoms with E-state index in [0.29, 0.717) is 6.04 Å². The minimum absolute atomic E-state index is 0.0424. The van der Waals surface area contributed by atoms with Crippen molar-refractivity contribution in [3.63, 3.8) is 0 Å². The Bertz CT molecular complexity index is 207. The van der Waals surface area contributed by atoms with Gasteiger partial charge in [-0.2, -0.15) is 0 Å². The van der Waals surface area contributed by atoms with Gasteiger partial charge in [-0.3, -0.25) is 0 Å². The van der Waals surface area contributed by atoms with E-state index in [2.05, 4.69) is 32.7 Å². The summed E-state index contributed by atoms with van der Waals surface area (Å²) in [5.74, 6) is 0. The zero-order valence-corrected chi connectivity index (χ0v) is 10.4. The molecule has 2 unspecified atom stereocenters. The first kappa shape index (κ1) is 12.7. The molecule has 0 spiro atoms. The maximum absolute atomic E-state index is 5.96. The largest absolute Gasteiger partial charge is 0.373 e. The van der Waals surface area contributed by atoms with Crippen LogP contribution in [0.15, 0.2) is 12.2 Å². The predicted octanol–water partition coefficient (Wildman–Crippen LogP) is 2.89. The van der Waals surface area contributed by atoms with Crippen LogP contribution in [0.3, 0.4) is 0 Å². The summed E-state index contributed by atoms with van der Waals surface area (Å²) in [4.78, 5) is 0. The van der Waals surface area contributed by atoms with Crippen LogP contribution in [-0.4, -0.2) is 24.8 Å². The van der Waals surface area contributed by atoms with E-state index in [4.69, 9.17) is 4.74 Å². The molecule has 0 aromatic rings. The predicted molar refractivity (Wildman–Crippen MR) is 65.1 cm³/mol. The van der Waals surface area contributed by atoms with Crippen molar-refractivity contribution in [2.24, 2.45) is 0 Å². The van der Waals surface area contributed by atoms with Crippen molar-refractivity contribution in [2.45, 2.75) is 58.1 Å². The average Bonchev–Trinajstić information content (AvgIpc) is 2.18. The highest BCUT2D eigenvalue weighted by Gasteiger charge is 2.36. The molecule has 1 heterocycles. The lowest BCUT2D eigenvalue weighted by Gasteiger charge is -2.41. The average molecular weight is 211 g/mol. The zero-order chi connectivity index (χ0) is 11.3. The first-order chi connectivity index (χ1) is 7.10. The van der Waals surface area contributed by atoms with Crippen LogP contribution >= 0.6 is 0 Å². The Hall–Kier alpha value is -0.340. The van der Waals surface area contributed by atoms with Gasteiger partial charge in [-0.1, -0.05) is 19.1 Å². The lowest BCUT2D eigenvalue weighted by Crippen LogP contribution is -2.52. The van der Waals surface area contributed by atoms with Crippen molar-refractivity contribution in [1.29, 1.82) is 0 Å². The van der Waals surface area contributed by atoms with Gasteiger partial charge in [0.2, 0.25) is 0 Å². The van der Waals surface area contributed by atoms with Crippen LogP contribution in [0.4, 0.5) is 0 Å². The third kappa shape index (κ3) is 3.32. The number of ether oxygens (including phenoxy) is 1. The van der Waals surface area contributed by atoms with Gasteiger partial charge in [0.25, 0.3) is 0 Å². The Labute approximate surface area is 94.1 Å². The number of rotatable bonds is 5. The van der Waals surface area contributed by atoms with Gasteiger partial charge in [0.05, 0.1) is 11.6 Å². The standard InChI is InChI=1S/C13H25NO/c1-5-9-14-12(11(2)3)13(4)8-6-7-10-15-13/h12,14H,2,5-10H2,1,3-4H3. The normalized spacial score (nSPS) is 28.7. The van der Waals surface area contributed by atoms with Crippen LogP contribution in [0.2, 0.25) is 0 Å². The van der Waals surface area contributed by atoms with Gasteiger partial charge in [-0.25, -0.2) is 0 Å². The molecule has 1 saturated heterocycles. The molecule has 0 saturated carbocycles. The zero-order valence-electron chi connectivity index (χ0n) is 10.4. The molecule has 88 valence electrons. The smallest absolute Gasteiger partial charge is 0.0844 e. The minimum Gasteiger partial charge on any atom is -0.373 e. The molecular formula is C13H25NO. The Balaban J connectivity index is 2.63. The Morgan fingerprint density at radius 2 is 2.27 bits per heavy atom. The number of hydrogen-bond donors (Lipinski definition) is 1. The van der Waals surface area contributed by atoms with Crippen molar-refractivity contribution >= 4 is 0 Å². The van der Waals surface area contributed by atoms with Gasteiger partial charge in [0.15, 0.2) is 0 Å². The van der Waals surface area contributed by atoms with Gasteiger partial charge in [-0.05, 0) is 46.1 Å². The summed E-state index contributed by atoms with van der Waals surface area (Å²) in [5.41, 5.74) is 1.15. The van der Waals surface area contributed by atoms with Crippen molar-refractivity contribution in [3.05, 3.63) is 12.2 Å². The van der Waals surface area contributed by atoms with Gasteiger partial charge in [0, 0.05) is 6.61 Å². The first-order valence-electron chi connectivity index (χ1n) is 6.13. The molecule has 15 heavy (non-hydrogen) atoms. The summed E-state index contributed by atoms with van der Waals surface area (Å²) in [5, 5.41) is 3.55. The topological polar surface area (TPSA) is 21.3 Å². The van der Waals surface area contributed by atoms with Gasteiger partial charge in [-0.15, -0.1) is 0 Å². The highest BCUT2D eigenvalue weighted by Crippen LogP contribution is 2.30. The molecule has 0 aliphatic carbocycles. The molecule has 2 atom stereocenters. The fraction of sp³-hybridized carbons (Fsp3) is 0.846. The first-order valence-corrected chi connectivity index (χ1v) is 6.13. The summed E-state index contributed by atoms with van der Waals surface area (Å²) >= 11 is 0. The van der Waals surface area contributed by atoms with E-state index in [1.165, 1.54) is 18.4 Å². The minimum atomic E-state index is -0.0424. The van der Waals surface area contributed by atoms with Gasteiger partial charge < -0.3 is 10.1 Å². The molecule has 1 aliphatic heterocycles. The van der Waals surface area contributed by atoms with E-state index in [0.717, 1.165) is 26.0 Å². The highest BCUT2D eigenvalue weighted by atomic mass is 16.5. The molecule has 0 aromatic carbocycles. The van der Waals surface area contributed by atoms with Crippen molar-refractivity contribution in [1.82, 2.24) is 5.32 Å². The van der Waals surface area contributed by atoms with Crippen LogP contribution in [-0.2, 0) is 4.74 Å². The summed E-state index contributed by atoms with van der Waals surface area (Å²) in [6.07, 6.45) is 4.77. The second kappa shape index (κ2) is 5.66. The van der Waals surface area contributed by atoms with Crippen molar-refractivity contribution in [2.75, 3.05) is 13.2 Å². The van der Waals surface area contributed by atoms with Crippen molar-refractivity contribution < 1.29 is 4.74 Å². The summed E-state index contributed by atoms with van der Waals surface area (Å²) in [6.45, 7) is 12.5. The third-order valence-electron chi connectivity index (χ3n) is 3.20. The molecule has 2 nitrogen and oxygen atoms in total. The lowest BCUT2D eigenvalue weighted by atomic mass is 9.85. The number of nitrogens with one attached hydrogen (secondary N) is 1. The van der Waals surface area contributed by atoms with Gasteiger partial charge >= 0.3 is 0 Å². The van der Waals surface area contributed by atoms with Crippen LogP contribution in [0.5, 0.6) is 0 Å². The Kier molecular flexibility index (Phi) is 4.81. The second-order valence-corrected chi connectivity index (χ2v) is 4.85. The molecular weight excluding hydrogens is 186 g/mol. The summed E-state index contributed by atoms with van der Waals surface area (Å²) < 4.78 is 5.96. The molecule has 1 aliphatic rings.